The monoisotopic (exact) mass is 305 g/mol. The largest absolute Gasteiger partial charge is 0.482 e. The molecule has 5 heteroatoms. The zero-order valence-electron chi connectivity index (χ0n) is 12.7. The number of ether oxygens (including phenoxy) is 1. The van der Waals surface area contributed by atoms with Gasteiger partial charge in [-0.15, -0.1) is 0 Å². The molecule has 0 saturated heterocycles. The molecule has 0 spiro atoms. The highest BCUT2D eigenvalue weighted by Crippen LogP contribution is 2.26. The minimum absolute atomic E-state index is 0.0868. The first-order valence-corrected chi connectivity index (χ1v) is 7.83. The molecule has 1 aromatic carbocycles. The van der Waals surface area contributed by atoms with E-state index in [9.17, 15) is 9.59 Å². The van der Waals surface area contributed by atoms with E-state index >= 15 is 0 Å². The number of rotatable bonds is 7. The molecule has 5 nitrogen and oxygen atoms in total. The molecule has 2 rings (SSSR count). The molecule has 120 valence electrons. The molecule has 1 saturated carbocycles. The summed E-state index contributed by atoms with van der Waals surface area (Å²) in [5.74, 6) is 0.107. The van der Waals surface area contributed by atoms with E-state index in [2.05, 4.69) is 5.32 Å². The molecule has 1 fully saturated rings. The molecule has 0 bridgehead atoms. The minimum atomic E-state index is -1.01. The Morgan fingerprint density at radius 3 is 2.73 bits per heavy atom. The van der Waals surface area contributed by atoms with Crippen molar-refractivity contribution in [1.29, 1.82) is 0 Å². The van der Waals surface area contributed by atoms with Gasteiger partial charge >= 0.3 is 5.97 Å². The van der Waals surface area contributed by atoms with E-state index in [1.54, 1.807) is 18.2 Å². The van der Waals surface area contributed by atoms with E-state index in [-0.39, 0.29) is 12.5 Å². The van der Waals surface area contributed by atoms with Crippen molar-refractivity contribution in [2.75, 3.05) is 6.61 Å². The van der Waals surface area contributed by atoms with Gasteiger partial charge in [0.05, 0.1) is 0 Å². The quantitative estimate of drug-likeness (QED) is 0.812. The van der Waals surface area contributed by atoms with Gasteiger partial charge in [-0.25, -0.2) is 4.79 Å². The highest BCUT2D eigenvalue weighted by molar-refractivity contribution is 5.76. The Hall–Kier alpha value is -2.04. The van der Waals surface area contributed by atoms with Crippen LogP contribution in [0.3, 0.4) is 0 Å². The van der Waals surface area contributed by atoms with E-state index in [4.69, 9.17) is 9.84 Å². The average Bonchev–Trinajstić information content (AvgIpc) is 2.52. The maximum atomic E-state index is 12.0. The van der Waals surface area contributed by atoms with E-state index in [1.165, 1.54) is 19.3 Å². The predicted molar refractivity (Wildman–Crippen MR) is 82.6 cm³/mol. The van der Waals surface area contributed by atoms with Crippen LogP contribution in [-0.4, -0.2) is 23.6 Å². The normalized spacial score (nSPS) is 15.3. The summed E-state index contributed by atoms with van der Waals surface area (Å²) in [4.78, 5) is 22.4. The standard InChI is InChI=1S/C17H23NO4/c19-16(10-13-5-2-1-3-6-13)18-11-14-7-4-8-15(9-14)22-12-17(20)21/h4,7-9,13H,1-3,5-6,10-12H2,(H,18,19)(H,20,21). The Kier molecular flexibility index (Phi) is 6.25. The van der Waals surface area contributed by atoms with E-state index in [0.29, 0.717) is 24.6 Å². The van der Waals surface area contributed by atoms with Gasteiger partial charge in [-0.1, -0.05) is 31.4 Å². The van der Waals surface area contributed by atoms with E-state index < -0.39 is 5.97 Å². The summed E-state index contributed by atoms with van der Waals surface area (Å²) in [7, 11) is 0. The fourth-order valence-corrected chi connectivity index (χ4v) is 2.82. The van der Waals surface area contributed by atoms with Crippen LogP contribution < -0.4 is 10.1 Å². The molecule has 1 aliphatic rings. The van der Waals surface area contributed by atoms with Gasteiger partial charge in [0.25, 0.3) is 0 Å². The Morgan fingerprint density at radius 2 is 2.00 bits per heavy atom. The van der Waals surface area contributed by atoms with E-state index in [1.807, 2.05) is 6.07 Å². The van der Waals surface area contributed by atoms with Crippen LogP contribution in [0.4, 0.5) is 0 Å². The lowest BCUT2D eigenvalue weighted by atomic mass is 9.87. The number of hydrogen-bond donors (Lipinski definition) is 2. The second-order valence-corrected chi connectivity index (χ2v) is 5.81. The first-order valence-electron chi connectivity index (χ1n) is 7.83. The molecule has 1 aromatic rings. The lowest BCUT2D eigenvalue weighted by Gasteiger charge is -2.20. The third-order valence-corrected chi connectivity index (χ3v) is 3.95. The Balaban J connectivity index is 1.76. The molecule has 0 heterocycles. The van der Waals surface area contributed by atoms with Crippen LogP contribution in [0.15, 0.2) is 24.3 Å². The van der Waals surface area contributed by atoms with Gasteiger partial charge in [0.1, 0.15) is 5.75 Å². The van der Waals surface area contributed by atoms with Crippen LogP contribution in [0.2, 0.25) is 0 Å². The van der Waals surface area contributed by atoms with Crippen LogP contribution in [0, 0.1) is 5.92 Å². The van der Waals surface area contributed by atoms with Crippen molar-refractivity contribution in [3.8, 4) is 5.75 Å². The number of carbonyl (C=O) groups excluding carboxylic acids is 1. The fraction of sp³-hybridized carbons (Fsp3) is 0.529. The summed E-state index contributed by atoms with van der Waals surface area (Å²) in [6.07, 6.45) is 6.69. The number of carboxylic acids is 1. The van der Waals surface area contributed by atoms with Crippen LogP contribution in [0.25, 0.3) is 0 Å². The first kappa shape index (κ1) is 16.3. The molecule has 0 unspecified atom stereocenters. The van der Waals surface area contributed by atoms with E-state index in [0.717, 1.165) is 18.4 Å². The van der Waals surface area contributed by atoms with Crippen molar-refractivity contribution in [2.45, 2.75) is 45.1 Å². The zero-order chi connectivity index (χ0) is 15.8. The van der Waals surface area contributed by atoms with Crippen LogP contribution >= 0.6 is 0 Å². The molecular weight excluding hydrogens is 282 g/mol. The lowest BCUT2D eigenvalue weighted by Crippen LogP contribution is -2.25. The Labute approximate surface area is 130 Å². The third kappa shape index (κ3) is 5.76. The first-order chi connectivity index (χ1) is 10.6. The summed E-state index contributed by atoms with van der Waals surface area (Å²) < 4.78 is 5.12. The van der Waals surface area contributed by atoms with Gasteiger partial charge in [-0.2, -0.15) is 0 Å². The number of nitrogens with one attached hydrogen (secondary N) is 1. The summed E-state index contributed by atoms with van der Waals surface area (Å²) in [6, 6.07) is 7.13. The number of hydrogen-bond acceptors (Lipinski definition) is 3. The minimum Gasteiger partial charge on any atom is -0.482 e. The molecule has 1 aliphatic carbocycles. The van der Waals surface area contributed by atoms with Crippen molar-refractivity contribution in [2.24, 2.45) is 5.92 Å². The Morgan fingerprint density at radius 1 is 1.23 bits per heavy atom. The van der Waals surface area contributed by atoms with Gasteiger partial charge in [-0.3, -0.25) is 4.79 Å². The number of aliphatic carboxylic acids is 1. The van der Waals surface area contributed by atoms with Crippen LogP contribution in [0.1, 0.15) is 44.1 Å². The van der Waals surface area contributed by atoms with Crippen LogP contribution in [-0.2, 0) is 16.1 Å². The molecule has 0 atom stereocenters. The zero-order valence-corrected chi connectivity index (χ0v) is 12.7. The number of carboxylic acid groups (broad SMARTS) is 1. The topological polar surface area (TPSA) is 75.6 Å². The van der Waals surface area contributed by atoms with Crippen molar-refractivity contribution < 1.29 is 19.4 Å². The van der Waals surface area contributed by atoms with Gasteiger partial charge < -0.3 is 15.2 Å². The van der Waals surface area contributed by atoms with Crippen molar-refractivity contribution in [3.63, 3.8) is 0 Å². The van der Waals surface area contributed by atoms with Crippen LogP contribution in [0.5, 0.6) is 5.75 Å². The van der Waals surface area contributed by atoms with Gasteiger partial charge in [0, 0.05) is 13.0 Å². The van der Waals surface area contributed by atoms with Gasteiger partial charge in [0.2, 0.25) is 5.91 Å². The van der Waals surface area contributed by atoms with Crippen molar-refractivity contribution in [1.82, 2.24) is 5.32 Å². The second kappa shape index (κ2) is 8.41. The van der Waals surface area contributed by atoms with Gasteiger partial charge in [0.15, 0.2) is 6.61 Å². The predicted octanol–water partition coefficient (Wildman–Crippen LogP) is 2.74. The maximum Gasteiger partial charge on any atom is 0.341 e. The molecule has 0 radical (unpaired) electrons. The Bertz CT molecular complexity index is 509. The second-order valence-electron chi connectivity index (χ2n) is 5.81. The number of carbonyl (C=O) groups is 2. The average molecular weight is 305 g/mol. The molecule has 22 heavy (non-hydrogen) atoms. The summed E-state index contributed by atoms with van der Waals surface area (Å²) in [5, 5.41) is 11.5. The maximum absolute atomic E-state index is 12.0. The smallest absolute Gasteiger partial charge is 0.341 e. The summed E-state index contributed by atoms with van der Waals surface area (Å²) >= 11 is 0. The fourth-order valence-electron chi connectivity index (χ4n) is 2.82. The molecule has 2 N–H and O–H groups in total. The molecule has 1 amide bonds. The van der Waals surface area contributed by atoms with Crippen molar-refractivity contribution in [3.05, 3.63) is 29.8 Å². The summed E-state index contributed by atoms with van der Waals surface area (Å²) in [5.41, 5.74) is 0.903. The van der Waals surface area contributed by atoms with Crippen molar-refractivity contribution >= 4 is 11.9 Å². The molecule has 0 aliphatic heterocycles. The lowest BCUT2D eigenvalue weighted by molar-refractivity contribution is -0.139. The molecular formula is C17H23NO4. The number of benzene rings is 1. The highest BCUT2D eigenvalue weighted by atomic mass is 16.5. The molecule has 0 aromatic heterocycles. The number of amides is 1. The summed E-state index contributed by atoms with van der Waals surface area (Å²) in [6.45, 7) is 0.0767. The highest BCUT2D eigenvalue weighted by Gasteiger charge is 2.16. The third-order valence-electron chi connectivity index (χ3n) is 3.95. The SMILES string of the molecule is O=C(O)COc1cccc(CNC(=O)CC2CCCCC2)c1. The van der Waals surface area contributed by atoms with Gasteiger partial charge in [-0.05, 0) is 36.5 Å².